The van der Waals surface area contributed by atoms with Crippen molar-refractivity contribution in [3.05, 3.63) is 18.2 Å². The standard InChI is InChI=1S/C11H19N3O2/c1-3-5-10(11(15)16-4-2)14-7-9(6-12)13-8-14/h7-8,10H,3-6,12H2,1-2H3. The van der Waals surface area contributed by atoms with Crippen molar-refractivity contribution in [3.8, 4) is 0 Å². The number of ether oxygens (including phenoxy) is 1. The zero-order valence-electron chi connectivity index (χ0n) is 9.85. The largest absolute Gasteiger partial charge is 0.464 e. The lowest BCUT2D eigenvalue weighted by atomic mass is 10.1. The van der Waals surface area contributed by atoms with Gasteiger partial charge in [0, 0.05) is 12.7 Å². The lowest BCUT2D eigenvalue weighted by molar-refractivity contribution is -0.147. The van der Waals surface area contributed by atoms with E-state index in [0.29, 0.717) is 13.2 Å². The van der Waals surface area contributed by atoms with Crippen LogP contribution in [0.5, 0.6) is 0 Å². The first kappa shape index (κ1) is 12.7. The highest BCUT2D eigenvalue weighted by molar-refractivity contribution is 5.74. The normalized spacial score (nSPS) is 12.4. The second kappa shape index (κ2) is 6.27. The Bertz CT molecular complexity index is 336. The summed E-state index contributed by atoms with van der Waals surface area (Å²) in [6, 6.07) is -0.280. The van der Waals surface area contributed by atoms with Crippen molar-refractivity contribution in [1.82, 2.24) is 9.55 Å². The van der Waals surface area contributed by atoms with E-state index in [2.05, 4.69) is 4.98 Å². The van der Waals surface area contributed by atoms with Crippen LogP contribution in [0.15, 0.2) is 12.5 Å². The van der Waals surface area contributed by atoms with Gasteiger partial charge in [0.15, 0.2) is 0 Å². The van der Waals surface area contributed by atoms with Crippen LogP contribution in [0.3, 0.4) is 0 Å². The molecule has 0 aliphatic rings. The molecule has 16 heavy (non-hydrogen) atoms. The molecule has 1 aromatic rings. The number of esters is 1. The third-order valence-corrected chi connectivity index (χ3v) is 2.34. The van der Waals surface area contributed by atoms with E-state index in [-0.39, 0.29) is 12.0 Å². The van der Waals surface area contributed by atoms with Crippen LogP contribution in [0.25, 0.3) is 0 Å². The van der Waals surface area contributed by atoms with Crippen molar-refractivity contribution < 1.29 is 9.53 Å². The van der Waals surface area contributed by atoms with Gasteiger partial charge in [0.25, 0.3) is 0 Å². The summed E-state index contributed by atoms with van der Waals surface area (Å²) in [5.41, 5.74) is 6.26. The Balaban J connectivity index is 2.79. The van der Waals surface area contributed by atoms with E-state index in [1.807, 2.05) is 6.92 Å². The zero-order valence-corrected chi connectivity index (χ0v) is 9.85. The third-order valence-electron chi connectivity index (χ3n) is 2.34. The molecule has 5 nitrogen and oxygen atoms in total. The predicted octanol–water partition coefficient (Wildman–Crippen LogP) is 1.25. The highest BCUT2D eigenvalue weighted by atomic mass is 16.5. The second-order valence-electron chi connectivity index (χ2n) is 3.57. The number of carbonyl (C=O) groups excluding carboxylic acids is 1. The lowest BCUT2D eigenvalue weighted by Gasteiger charge is -2.15. The number of imidazole rings is 1. The van der Waals surface area contributed by atoms with Crippen molar-refractivity contribution in [2.75, 3.05) is 6.61 Å². The van der Waals surface area contributed by atoms with Crippen molar-refractivity contribution in [1.29, 1.82) is 0 Å². The Hall–Kier alpha value is -1.36. The fourth-order valence-corrected chi connectivity index (χ4v) is 1.56. The van der Waals surface area contributed by atoms with Gasteiger partial charge in [-0.15, -0.1) is 0 Å². The van der Waals surface area contributed by atoms with E-state index >= 15 is 0 Å². The Morgan fingerprint density at radius 3 is 2.88 bits per heavy atom. The minimum Gasteiger partial charge on any atom is -0.464 e. The fourth-order valence-electron chi connectivity index (χ4n) is 1.56. The number of hydrogen-bond donors (Lipinski definition) is 1. The fraction of sp³-hybridized carbons (Fsp3) is 0.636. The third kappa shape index (κ3) is 3.06. The quantitative estimate of drug-likeness (QED) is 0.740. The van der Waals surface area contributed by atoms with Crippen molar-refractivity contribution in [2.24, 2.45) is 5.73 Å². The molecular weight excluding hydrogens is 206 g/mol. The molecular formula is C11H19N3O2. The second-order valence-corrected chi connectivity index (χ2v) is 3.57. The van der Waals surface area contributed by atoms with E-state index in [4.69, 9.17) is 10.5 Å². The number of nitrogens with zero attached hydrogens (tertiary/aromatic N) is 2. The average molecular weight is 225 g/mol. The predicted molar refractivity (Wildman–Crippen MR) is 60.7 cm³/mol. The zero-order chi connectivity index (χ0) is 12.0. The molecule has 1 atom stereocenters. The number of nitrogens with two attached hydrogens (primary N) is 1. The summed E-state index contributed by atoms with van der Waals surface area (Å²) in [5.74, 6) is -0.203. The van der Waals surface area contributed by atoms with Gasteiger partial charge in [-0.1, -0.05) is 13.3 Å². The van der Waals surface area contributed by atoms with Gasteiger partial charge < -0.3 is 15.0 Å². The highest BCUT2D eigenvalue weighted by Crippen LogP contribution is 2.16. The van der Waals surface area contributed by atoms with E-state index < -0.39 is 0 Å². The molecule has 2 N–H and O–H groups in total. The molecule has 90 valence electrons. The summed E-state index contributed by atoms with van der Waals surface area (Å²) in [6.45, 7) is 4.62. The van der Waals surface area contributed by atoms with Crippen LogP contribution >= 0.6 is 0 Å². The Morgan fingerprint density at radius 2 is 2.38 bits per heavy atom. The van der Waals surface area contributed by atoms with Gasteiger partial charge in [0.1, 0.15) is 6.04 Å². The average Bonchev–Trinajstić information content (AvgIpc) is 2.74. The van der Waals surface area contributed by atoms with Crippen LogP contribution in [0.1, 0.15) is 38.4 Å². The maximum absolute atomic E-state index is 11.7. The molecule has 0 bridgehead atoms. The van der Waals surface area contributed by atoms with Gasteiger partial charge in [0.2, 0.25) is 0 Å². The summed E-state index contributed by atoms with van der Waals surface area (Å²) in [4.78, 5) is 15.8. The van der Waals surface area contributed by atoms with E-state index in [0.717, 1.165) is 18.5 Å². The summed E-state index contributed by atoms with van der Waals surface area (Å²) in [6.07, 6.45) is 5.11. The molecule has 1 aromatic heterocycles. The monoisotopic (exact) mass is 225 g/mol. The van der Waals surface area contributed by atoms with Gasteiger partial charge in [-0.2, -0.15) is 0 Å². The topological polar surface area (TPSA) is 70.1 Å². The van der Waals surface area contributed by atoms with Crippen molar-refractivity contribution in [3.63, 3.8) is 0 Å². The van der Waals surface area contributed by atoms with Crippen molar-refractivity contribution >= 4 is 5.97 Å². The highest BCUT2D eigenvalue weighted by Gasteiger charge is 2.20. The number of carbonyl (C=O) groups is 1. The van der Waals surface area contributed by atoms with E-state index in [1.165, 1.54) is 0 Å². The van der Waals surface area contributed by atoms with Crippen LogP contribution in [-0.2, 0) is 16.1 Å². The molecule has 1 heterocycles. The SMILES string of the molecule is CCCC(C(=O)OCC)n1cnc(CN)c1. The molecule has 0 saturated carbocycles. The summed E-state index contributed by atoms with van der Waals surface area (Å²) >= 11 is 0. The van der Waals surface area contributed by atoms with Gasteiger partial charge in [-0.25, -0.2) is 9.78 Å². The van der Waals surface area contributed by atoms with Gasteiger partial charge in [-0.05, 0) is 13.3 Å². The number of hydrogen-bond acceptors (Lipinski definition) is 4. The summed E-state index contributed by atoms with van der Waals surface area (Å²) in [7, 11) is 0. The Morgan fingerprint density at radius 1 is 1.62 bits per heavy atom. The number of aromatic nitrogens is 2. The molecule has 0 aliphatic carbocycles. The maximum Gasteiger partial charge on any atom is 0.329 e. The molecule has 0 amide bonds. The molecule has 0 saturated heterocycles. The molecule has 5 heteroatoms. The number of rotatable bonds is 6. The van der Waals surface area contributed by atoms with Gasteiger partial charge in [-0.3, -0.25) is 0 Å². The minimum absolute atomic E-state index is 0.203. The first-order chi connectivity index (χ1) is 7.72. The maximum atomic E-state index is 11.7. The van der Waals surface area contributed by atoms with E-state index in [9.17, 15) is 4.79 Å². The molecule has 0 spiro atoms. The molecule has 0 aromatic carbocycles. The molecule has 0 radical (unpaired) electrons. The first-order valence-corrected chi connectivity index (χ1v) is 5.61. The van der Waals surface area contributed by atoms with Gasteiger partial charge in [0.05, 0.1) is 18.6 Å². The van der Waals surface area contributed by atoms with Crippen LogP contribution in [0.2, 0.25) is 0 Å². The Labute approximate surface area is 95.6 Å². The summed E-state index contributed by atoms with van der Waals surface area (Å²) < 4.78 is 6.82. The van der Waals surface area contributed by atoms with E-state index in [1.54, 1.807) is 24.0 Å². The smallest absolute Gasteiger partial charge is 0.329 e. The molecule has 1 unspecified atom stereocenters. The summed E-state index contributed by atoms with van der Waals surface area (Å²) in [5, 5.41) is 0. The first-order valence-electron chi connectivity index (χ1n) is 5.61. The van der Waals surface area contributed by atoms with Crippen LogP contribution in [-0.4, -0.2) is 22.1 Å². The van der Waals surface area contributed by atoms with Crippen LogP contribution in [0.4, 0.5) is 0 Å². The Kier molecular flexibility index (Phi) is 4.98. The van der Waals surface area contributed by atoms with Crippen LogP contribution in [0, 0.1) is 0 Å². The lowest BCUT2D eigenvalue weighted by Crippen LogP contribution is -2.21. The van der Waals surface area contributed by atoms with Crippen LogP contribution < -0.4 is 5.73 Å². The molecule has 0 aliphatic heterocycles. The molecule has 1 rings (SSSR count). The minimum atomic E-state index is -0.280. The van der Waals surface area contributed by atoms with Gasteiger partial charge >= 0.3 is 5.97 Å². The van der Waals surface area contributed by atoms with Crippen molar-refractivity contribution in [2.45, 2.75) is 39.3 Å². The molecule has 0 fully saturated rings.